The predicted molar refractivity (Wildman–Crippen MR) is 51.7 cm³/mol. The van der Waals surface area contributed by atoms with Crippen molar-refractivity contribution in [2.45, 2.75) is 50.6 Å². The number of cyclic esters (lactones) is 1. The summed E-state index contributed by atoms with van der Waals surface area (Å²) in [5.74, 6) is -8.20. The SMILES string of the molecule is CC(C)OC(=O)C[C@@H]1OC(C(F)(F)F)(C(F)(F)F)OC1=O. The highest BCUT2D eigenvalue weighted by Gasteiger charge is 2.80. The number of ether oxygens (including phenoxy) is 3. The van der Waals surface area contributed by atoms with Crippen LogP contribution in [0.1, 0.15) is 20.3 Å². The van der Waals surface area contributed by atoms with Crippen molar-refractivity contribution in [3.63, 3.8) is 0 Å². The standard InChI is InChI=1S/C10H10F6O5/c1-4(2)19-6(17)3-5-7(18)21-8(20-5,9(11,12)13)10(14,15)16/h4-5H,3H2,1-2H3/t5-/m0/s1. The van der Waals surface area contributed by atoms with Gasteiger partial charge in [0.2, 0.25) is 0 Å². The first kappa shape index (κ1) is 17.5. The van der Waals surface area contributed by atoms with Gasteiger partial charge in [-0.05, 0) is 13.8 Å². The molecular formula is C10H10F6O5. The summed E-state index contributed by atoms with van der Waals surface area (Å²) in [6, 6.07) is 0. The Morgan fingerprint density at radius 3 is 2.05 bits per heavy atom. The van der Waals surface area contributed by atoms with Gasteiger partial charge in [-0.25, -0.2) is 4.79 Å². The van der Waals surface area contributed by atoms with E-state index in [1.807, 2.05) is 0 Å². The van der Waals surface area contributed by atoms with Crippen LogP contribution in [0.15, 0.2) is 0 Å². The van der Waals surface area contributed by atoms with E-state index in [-0.39, 0.29) is 0 Å². The molecule has 1 heterocycles. The Hall–Kier alpha value is -1.52. The molecule has 11 heteroatoms. The van der Waals surface area contributed by atoms with Crippen molar-refractivity contribution in [3.05, 3.63) is 0 Å². The van der Waals surface area contributed by atoms with Crippen LogP contribution in [0.2, 0.25) is 0 Å². The van der Waals surface area contributed by atoms with Gasteiger partial charge in [0.05, 0.1) is 12.5 Å². The zero-order chi connectivity index (χ0) is 16.6. The molecule has 5 nitrogen and oxygen atoms in total. The van der Waals surface area contributed by atoms with Crippen LogP contribution in [-0.4, -0.2) is 42.3 Å². The molecule has 0 unspecified atom stereocenters. The molecule has 0 aliphatic carbocycles. The van der Waals surface area contributed by atoms with Gasteiger partial charge in [-0.15, -0.1) is 0 Å². The molecule has 0 radical (unpaired) electrons. The van der Waals surface area contributed by atoms with Gasteiger partial charge in [0.25, 0.3) is 0 Å². The highest BCUT2D eigenvalue weighted by molar-refractivity contribution is 5.83. The Labute approximate surface area is 114 Å². The third kappa shape index (κ3) is 3.39. The van der Waals surface area contributed by atoms with E-state index in [2.05, 4.69) is 14.2 Å². The van der Waals surface area contributed by atoms with Gasteiger partial charge in [0.1, 0.15) is 0 Å². The van der Waals surface area contributed by atoms with Crippen molar-refractivity contribution in [2.75, 3.05) is 0 Å². The average Bonchev–Trinajstić information content (AvgIpc) is 2.54. The molecule has 0 aromatic carbocycles. The van der Waals surface area contributed by atoms with Crippen molar-refractivity contribution in [2.24, 2.45) is 0 Å². The Morgan fingerprint density at radius 2 is 1.71 bits per heavy atom. The van der Waals surface area contributed by atoms with E-state index in [9.17, 15) is 35.9 Å². The molecule has 21 heavy (non-hydrogen) atoms. The normalized spacial score (nSPS) is 22.3. The van der Waals surface area contributed by atoms with Gasteiger partial charge in [0.15, 0.2) is 6.10 Å². The number of carbonyl (C=O) groups is 2. The van der Waals surface area contributed by atoms with E-state index < -0.39 is 48.7 Å². The number of esters is 2. The molecule has 0 saturated carbocycles. The fraction of sp³-hybridized carbons (Fsp3) is 0.800. The molecule has 0 N–H and O–H groups in total. The van der Waals surface area contributed by atoms with E-state index in [0.29, 0.717) is 0 Å². The Balaban J connectivity index is 2.96. The van der Waals surface area contributed by atoms with Crippen LogP contribution in [0.5, 0.6) is 0 Å². The molecule has 0 aromatic heterocycles. The maximum absolute atomic E-state index is 12.6. The molecular weight excluding hydrogens is 314 g/mol. The summed E-state index contributed by atoms with van der Waals surface area (Å²) in [6.07, 6.45) is -16.2. The van der Waals surface area contributed by atoms with Crippen LogP contribution in [-0.2, 0) is 23.8 Å². The minimum Gasteiger partial charge on any atom is -0.463 e. The molecule has 0 aromatic rings. The number of hydrogen-bond donors (Lipinski definition) is 0. The summed E-state index contributed by atoms with van der Waals surface area (Å²) in [5.41, 5.74) is 0. The van der Waals surface area contributed by atoms with E-state index in [0.717, 1.165) is 0 Å². The lowest BCUT2D eigenvalue weighted by Gasteiger charge is -2.30. The summed E-state index contributed by atoms with van der Waals surface area (Å²) in [5, 5.41) is 0. The molecule has 1 atom stereocenters. The third-order valence-electron chi connectivity index (χ3n) is 2.28. The number of rotatable bonds is 3. The second kappa shape index (κ2) is 5.35. The maximum Gasteiger partial charge on any atom is 0.465 e. The molecule has 122 valence electrons. The van der Waals surface area contributed by atoms with Crippen LogP contribution in [0.25, 0.3) is 0 Å². The number of carbonyl (C=O) groups excluding carboxylic acids is 2. The molecule has 0 bridgehead atoms. The van der Waals surface area contributed by atoms with Gasteiger partial charge in [0, 0.05) is 0 Å². The fourth-order valence-corrected chi connectivity index (χ4v) is 1.48. The summed E-state index contributed by atoms with van der Waals surface area (Å²) in [4.78, 5) is 22.3. The van der Waals surface area contributed by atoms with Crippen LogP contribution in [0.4, 0.5) is 26.3 Å². The Kier molecular flexibility index (Phi) is 4.47. The van der Waals surface area contributed by atoms with Gasteiger partial charge >= 0.3 is 30.1 Å². The fourth-order valence-electron chi connectivity index (χ4n) is 1.48. The van der Waals surface area contributed by atoms with Crippen LogP contribution >= 0.6 is 0 Å². The van der Waals surface area contributed by atoms with Crippen LogP contribution in [0, 0.1) is 0 Å². The monoisotopic (exact) mass is 324 g/mol. The zero-order valence-corrected chi connectivity index (χ0v) is 10.7. The maximum atomic E-state index is 12.6. The van der Waals surface area contributed by atoms with E-state index in [1.54, 1.807) is 0 Å². The number of alkyl halides is 6. The summed E-state index contributed by atoms with van der Waals surface area (Å²) in [7, 11) is 0. The van der Waals surface area contributed by atoms with Gasteiger partial charge in [-0.1, -0.05) is 0 Å². The van der Waals surface area contributed by atoms with Crippen LogP contribution < -0.4 is 0 Å². The highest BCUT2D eigenvalue weighted by atomic mass is 19.4. The average molecular weight is 324 g/mol. The van der Waals surface area contributed by atoms with E-state index >= 15 is 0 Å². The first-order chi connectivity index (χ1) is 9.30. The molecule has 1 aliphatic rings. The predicted octanol–water partition coefficient (Wildman–Crippen LogP) is 2.09. The van der Waals surface area contributed by atoms with Crippen molar-refractivity contribution in [1.29, 1.82) is 0 Å². The second-order valence-corrected chi connectivity index (χ2v) is 4.38. The largest absolute Gasteiger partial charge is 0.465 e. The second-order valence-electron chi connectivity index (χ2n) is 4.38. The van der Waals surface area contributed by atoms with Gasteiger partial charge < -0.3 is 14.2 Å². The lowest BCUT2D eigenvalue weighted by molar-refractivity contribution is -0.439. The van der Waals surface area contributed by atoms with Crippen molar-refractivity contribution in [1.82, 2.24) is 0 Å². The summed E-state index contributed by atoms with van der Waals surface area (Å²) in [6.45, 7) is 2.81. The summed E-state index contributed by atoms with van der Waals surface area (Å²) < 4.78 is 87.0. The topological polar surface area (TPSA) is 61.8 Å². The molecule has 1 saturated heterocycles. The lowest BCUT2D eigenvalue weighted by atomic mass is 10.2. The smallest absolute Gasteiger partial charge is 0.463 e. The zero-order valence-electron chi connectivity index (χ0n) is 10.7. The molecule has 0 amide bonds. The molecule has 0 spiro atoms. The highest BCUT2D eigenvalue weighted by Crippen LogP contribution is 2.50. The Bertz CT molecular complexity index is 413. The van der Waals surface area contributed by atoms with E-state index in [1.165, 1.54) is 13.8 Å². The molecule has 1 rings (SSSR count). The lowest BCUT2D eigenvalue weighted by Crippen LogP contribution is -2.58. The quantitative estimate of drug-likeness (QED) is 0.588. The first-order valence-electron chi connectivity index (χ1n) is 5.54. The minimum absolute atomic E-state index is 0.662. The first-order valence-corrected chi connectivity index (χ1v) is 5.54. The van der Waals surface area contributed by atoms with Crippen molar-refractivity contribution in [3.8, 4) is 0 Å². The van der Waals surface area contributed by atoms with Crippen molar-refractivity contribution >= 4 is 11.9 Å². The van der Waals surface area contributed by atoms with Crippen LogP contribution in [0.3, 0.4) is 0 Å². The Morgan fingerprint density at radius 1 is 1.24 bits per heavy atom. The number of hydrogen-bond acceptors (Lipinski definition) is 5. The van der Waals surface area contributed by atoms with Gasteiger partial charge in [-0.2, -0.15) is 26.3 Å². The molecule has 1 fully saturated rings. The minimum atomic E-state index is -6.04. The van der Waals surface area contributed by atoms with E-state index in [4.69, 9.17) is 0 Å². The third-order valence-corrected chi connectivity index (χ3v) is 2.28. The van der Waals surface area contributed by atoms with Crippen molar-refractivity contribution < 1.29 is 50.1 Å². The number of halogens is 6. The van der Waals surface area contributed by atoms with Gasteiger partial charge in [-0.3, -0.25) is 4.79 Å². The molecule has 1 aliphatic heterocycles. The summed E-state index contributed by atoms with van der Waals surface area (Å²) >= 11 is 0.